The molecule has 1 aliphatic rings. The van der Waals surface area contributed by atoms with Crippen molar-refractivity contribution in [3.05, 3.63) is 48.4 Å². The highest BCUT2D eigenvalue weighted by atomic mass is 16.5. The van der Waals surface area contributed by atoms with Crippen LogP contribution in [0.15, 0.2) is 47.2 Å². The van der Waals surface area contributed by atoms with Gasteiger partial charge < -0.3 is 24.6 Å². The number of hydrogen-bond donors (Lipinski definition) is 3. The topological polar surface area (TPSA) is 126 Å². The maximum absolute atomic E-state index is 12.0. The zero-order valence-corrected chi connectivity index (χ0v) is 16.4. The molecule has 10 nitrogen and oxygen atoms in total. The molecule has 30 heavy (non-hydrogen) atoms. The number of aromatic nitrogens is 3. The number of rotatable bonds is 5. The number of anilines is 3. The average molecular weight is 410 g/mol. The van der Waals surface area contributed by atoms with E-state index >= 15 is 0 Å². The molecule has 2 aromatic heterocycles. The van der Waals surface area contributed by atoms with Gasteiger partial charge in [-0.2, -0.15) is 0 Å². The second kappa shape index (κ2) is 8.89. The number of nitrogens with zero attached hydrogens (tertiary/aromatic N) is 4. The Morgan fingerprint density at radius 3 is 2.77 bits per heavy atom. The SMILES string of the molecule is C[C@H]1COCCN1c1cc(CO)nc(-c2ccc(NC(=O)Nc3ccon3)cc2)n1. The number of carbonyl (C=O) groups is 1. The lowest BCUT2D eigenvalue weighted by molar-refractivity contribution is 0.0985. The van der Waals surface area contributed by atoms with E-state index in [0.29, 0.717) is 36.2 Å². The number of aliphatic hydroxyl groups is 1. The van der Waals surface area contributed by atoms with E-state index in [0.717, 1.165) is 17.9 Å². The zero-order chi connectivity index (χ0) is 20.9. The van der Waals surface area contributed by atoms with Crippen LogP contribution in [-0.2, 0) is 11.3 Å². The fourth-order valence-corrected chi connectivity index (χ4v) is 3.17. The van der Waals surface area contributed by atoms with Gasteiger partial charge in [-0.3, -0.25) is 5.32 Å². The van der Waals surface area contributed by atoms with Gasteiger partial charge >= 0.3 is 6.03 Å². The minimum absolute atomic E-state index is 0.177. The number of benzene rings is 1. The summed E-state index contributed by atoms with van der Waals surface area (Å²) in [5, 5.41) is 18.5. The molecule has 1 saturated heterocycles. The summed E-state index contributed by atoms with van der Waals surface area (Å²) in [5.74, 6) is 1.59. The third-order valence-corrected chi connectivity index (χ3v) is 4.67. The number of nitrogens with one attached hydrogen (secondary N) is 2. The first kappa shape index (κ1) is 19.8. The molecule has 3 aromatic rings. The van der Waals surface area contributed by atoms with Gasteiger partial charge in [-0.05, 0) is 31.2 Å². The molecular formula is C20H22N6O4. The van der Waals surface area contributed by atoms with Gasteiger partial charge in [0.15, 0.2) is 11.6 Å². The Morgan fingerprint density at radius 2 is 2.07 bits per heavy atom. The molecule has 0 unspecified atom stereocenters. The Labute approximate surface area is 172 Å². The summed E-state index contributed by atoms with van der Waals surface area (Å²) >= 11 is 0. The predicted molar refractivity (Wildman–Crippen MR) is 110 cm³/mol. The van der Waals surface area contributed by atoms with Crippen molar-refractivity contribution in [3.63, 3.8) is 0 Å². The van der Waals surface area contributed by atoms with E-state index in [9.17, 15) is 9.90 Å². The average Bonchev–Trinajstić information content (AvgIpc) is 3.27. The van der Waals surface area contributed by atoms with Crippen LogP contribution in [-0.4, -0.2) is 52.1 Å². The van der Waals surface area contributed by atoms with Gasteiger partial charge in [0.25, 0.3) is 0 Å². The van der Waals surface area contributed by atoms with Crippen LogP contribution >= 0.6 is 0 Å². The molecule has 4 rings (SSSR count). The molecular weight excluding hydrogens is 388 g/mol. The minimum atomic E-state index is -0.432. The molecule has 0 bridgehead atoms. The van der Waals surface area contributed by atoms with Crippen molar-refractivity contribution in [1.29, 1.82) is 0 Å². The molecule has 0 aliphatic carbocycles. The Kier molecular flexibility index (Phi) is 5.87. The van der Waals surface area contributed by atoms with E-state index in [4.69, 9.17) is 9.72 Å². The van der Waals surface area contributed by atoms with E-state index in [1.807, 2.05) is 12.1 Å². The maximum Gasteiger partial charge on any atom is 0.324 e. The van der Waals surface area contributed by atoms with E-state index in [1.54, 1.807) is 24.3 Å². The van der Waals surface area contributed by atoms with Crippen LogP contribution in [0, 0.1) is 0 Å². The lowest BCUT2D eigenvalue weighted by Gasteiger charge is -2.34. The van der Waals surface area contributed by atoms with Crippen LogP contribution in [0.5, 0.6) is 0 Å². The van der Waals surface area contributed by atoms with Crippen molar-refractivity contribution in [3.8, 4) is 11.4 Å². The zero-order valence-electron chi connectivity index (χ0n) is 16.4. The fraction of sp³-hybridized carbons (Fsp3) is 0.300. The molecule has 3 heterocycles. The van der Waals surface area contributed by atoms with Crippen LogP contribution in [0.1, 0.15) is 12.6 Å². The van der Waals surface area contributed by atoms with Gasteiger partial charge in [-0.1, -0.05) is 5.16 Å². The molecule has 1 atom stereocenters. The fourth-order valence-electron chi connectivity index (χ4n) is 3.17. The number of ether oxygens (including phenoxy) is 1. The van der Waals surface area contributed by atoms with Crippen LogP contribution < -0.4 is 15.5 Å². The Bertz CT molecular complexity index is 993. The monoisotopic (exact) mass is 410 g/mol. The summed E-state index contributed by atoms with van der Waals surface area (Å²) in [5.41, 5.74) is 1.91. The predicted octanol–water partition coefficient (Wildman–Crippen LogP) is 2.49. The molecule has 1 fully saturated rings. The van der Waals surface area contributed by atoms with Gasteiger partial charge in [-0.15, -0.1) is 0 Å². The highest BCUT2D eigenvalue weighted by Crippen LogP contribution is 2.24. The summed E-state index contributed by atoms with van der Waals surface area (Å²) in [7, 11) is 0. The third-order valence-electron chi connectivity index (χ3n) is 4.67. The van der Waals surface area contributed by atoms with Gasteiger partial charge in [0.2, 0.25) is 0 Å². The maximum atomic E-state index is 12.0. The highest BCUT2D eigenvalue weighted by molar-refractivity contribution is 5.99. The highest BCUT2D eigenvalue weighted by Gasteiger charge is 2.21. The third kappa shape index (κ3) is 4.56. The largest absolute Gasteiger partial charge is 0.390 e. The van der Waals surface area contributed by atoms with Crippen LogP contribution in [0.4, 0.5) is 22.1 Å². The lowest BCUT2D eigenvalue weighted by atomic mass is 10.2. The van der Waals surface area contributed by atoms with Gasteiger partial charge in [0.1, 0.15) is 12.1 Å². The van der Waals surface area contributed by atoms with Crippen molar-refractivity contribution in [1.82, 2.24) is 15.1 Å². The van der Waals surface area contributed by atoms with Crippen LogP contribution in [0.3, 0.4) is 0 Å². The van der Waals surface area contributed by atoms with E-state index in [1.165, 1.54) is 6.26 Å². The summed E-state index contributed by atoms with van der Waals surface area (Å²) in [6, 6.07) is 10.2. The normalized spacial score (nSPS) is 16.3. The standard InChI is InChI=1S/C20H22N6O4/c1-13-12-29-9-7-26(13)18-10-16(11-27)21-19(24-18)14-2-4-15(5-3-14)22-20(28)23-17-6-8-30-25-17/h2-6,8,10,13,27H,7,9,11-12H2,1H3,(H2,22,23,25,28)/t13-/m0/s1. The molecule has 1 aromatic carbocycles. The van der Waals surface area contributed by atoms with Crippen LogP contribution in [0.25, 0.3) is 11.4 Å². The molecule has 10 heteroatoms. The number of amides is 2. The second-order valence-electron chi connectivity index (χ2n) is 6.86. The number of hydrogen-bond acceptors (Lipinski definition) is 8. The molecule has 156 valence electrons. The number of urea groups is 1. The van der Waals surface area contributed by atoms with E-state index in [2.05, 4.69) is 37.1 Å². The Balaban J connectivity index is 1.51. The van der Waals surface area contributed by atoms with Crippen LogP contribution in [0.2, 0.25) is 0 Å². The van der Waals surface area contributed by atoms with E-state index < -0.39 is 6.03 Å². The quantitative estimate of drug-likeness (QED) is 0.586. The minimum Gasteiger partial charge on any atom is -0.390 e. The first-order chi connectivity index (χ1) is 14.6. The van der Waals surface area contributed by atoms with Crippen molar-refractivity contribution in [2.45, 2.75) is 19.6 Å². The summed E-state index contributed by atoms with van der Waals surface area (Å²) in [4.78, 5) is 23.3. The van der Waals surface area contributed by atoms with Crippen molar-refractivity contribution in [2.24, 2.45) is 0 Å². The van der Waals surface area contributed by atoms with Gasteiger partial charge in [-0.25, -0.2) is 14.8 Å². The summed E-state index contributed by atoms with van der Waals surface area (Å²) in [6.45, 7) is 3.89. The van der Waals surface area contributed by atoms with Gasteiger partial charge in [0, 0.05) is 29.9 Å². The van der Waals surface area contributed by atoms with Crippen molar-refractivity contribution in [2.75, 3.05) is 35.3 Å². The van der Waals surface area contributed by atoms with Gasteiger partial charge in [0.05, 0.1) is 31.6 Å². The molecule has 0 spiro atoms. The molecule has 0 saturated carbocycles. The molecule has 1 aliphatic heterocycles. The Morgan fingerprint density at radius 1 is 1.23 bits per heavy atom. The number of morpholine rings is 1. The first-order valence-electron chi connectivity index (χ1n) is 9.54. The summed E-state index contributed by atoms with van der Waals surface area (Å²) in [6.07, 6.45) is 1.37. The van der Waals surface area contributed by atoms with E-state index in [-0.39, 0.29) is 12.6 Å². The summed E-state index contributed by atoms with van der Waals surface area (Å²) < 4.78 is 10.2. The van der Waals surface area contributed by atoms with Crippen molar-refractivity contribution < 1.29 is 19.2 Å². The lowest BCUT2D eigenvalue weighted by Crippen LogP contribution is -2.44. The second-order valence-corrected chi connectivity index (χ2v) is 6.86. The molecule has 3 N–H and O–H groups in total. The first-order valence-corrected chi connectivity index (χ1v) is 9.54. The van der Waals surface area contributed by atoms with Crippen molar-refractivity contribution >= 4 is 23.4 Å². The number of aliphatic hydroxyl groups excluding tert-OH is 1. The molecule has 0 radical (unpaired) electrons. The molecule has 2 amide bonds. The smallest absolute Gasteiger partial charge is 0.324 e. The number of carbonyl (C=O) groups excluding carboxylic acids is 1. The Hall–Kier alpha value is -3.50.